The van der Waals surface area contributed by atoms with Crippen molar-refractivity contribution in [3.05, 3.63) is 58.7 Å². The number of hydrogen-bond acceptors (Lipinski definition) is 2. The van der Waals surface area contributed by atoms with Gasteiger partial charge in [0, 0.05) is 12.2 Å². The van der Waals surface area contributed by atoms with Crippen molar-refractivity contribution < 1.29 is 4.39 Å². The van der Waals surface area contributed by atoms with Gasteiger partial charge >= 0.3 is 0 Å². The third-order valence-electron chi connectivity index (χ3n) is 2.94. The molecule has 0 aliphatic heterocycles. The number of aryl methyl sites for hydroxylation is 3. The Kier molecular flexibility index (Phi) is 3.60. The van der Waals surface area contributed by atoms with Crippen molar-refractivity contribution in [2.75, 3.05) is 5.32 Å². The largest absolute Gasteiger partial charge is 0.380 e. The Labute approximate surface area is 107 Å². The first-order chi connectivity index (χ1) is 8.56. The van der Waals surface area contributed by atoms with Crippen LogP contribution in [0.5, 0.6) is 0 Å². The van der Waals surface area contributed by atoms with Crippen LogP contribution in [0.25, 0.3) is 0 Å². The molecule has 1 aromatic carbocycles. The number of nitrogens with zero attached hydrogens (tertiary/aromatic N) is 1. The zero-order valence-electron chi connectivity index (χ0n) is 10.9. The molecule has 0 spiro atoms. The molecule has 1 heterocycles. The van der Waals surface area contributed by atoms with Crippen molar-refractivity contribution >= 4 is 5.69 Å². The molecule has 0 aliphatic rings. The van der Waals surface area contributed by atoms with Crippen molar-refractivity contribution in [1.29, 1.82) is 0 Å². The van der Waals surface area contributed by atoms with E-state index in [0.29, 0.717) is 12.1 Å². The summed E-state index contributed by atoms with van der Waals surface area (Å²) in [5.74, 6) is -0.159. The van der Waals surface area contributed by atoms with Gasteiger partial charge in [-0.25, -0.2) is 4.39 Å². The van der Waals surface area contributed by atoms with Gasteiger partial charge in [-0.15, -0.1) is 0 Å². The molecule has 0 unspecified atom stereocenters. The molecule has 1 aromatic heterocycles. The van der Waals surface area contributed by atoms with Crippen LogP contribution in [0.2, 0.25) is 0 Å². The fraction of sp³-hybridized carbons (Fsp3) is 0.267. The second kappa shape index (κ2) is 5.17. The van der Waals surface area contributed by atoms with Crippen LogP contribution in [0, 0.1) is 26.6 Å². The summed E-state index contributed by atoms with van der Waals surface area (Å²) in [6, 6.07) is 9.27. The highest BCUT2D eigenvalue weighted by atomic mass is 19.1. The molecule has 2 nitrogen and oxygen atoms in total. The summed E-state index contributed by atoms with van der Waals surface area (Å²) >= 11 is 0. The zero-order chi connectivity index (χ0) is 13.1. The van der Waals surface area contributed by atoms with Gasteiger partial charge in [-0.2, -0.15) is 0 Å². The molecule has 0 fully saturated rings. The van der Waals surface area contributed by atoms with E-state index in [2.05, 4.69) is 10.3 Å². The van der Waals surface area contributed by atoms with Crippen LogP contribution in [0.3, 0.4) is 0 Å². The van der Waals surface area contributed by atoms with Crippen LogP contribution in [0.1, 0.15) is 22.5 Å². The number of aromatic nitrogens is 1. The Balaban J connectivity index is 2.09. The Morgan fingerprint density at radius 1 is 1.11 bits per heavy atom. The van der Waals surface area contributed by atoms with E-state index in [1.165, 1.54) is 0 Å². The van der Waals surface area contributed by atoms with E-state index in [4.69, 9.17) is 0 Å². The summed E-state index contributed by atoms with van der Waals surface area (Å²) in [5.41, 5.74) is 4.55. The minimum atomic E-state index is -0.159. The molecule has 0 aliphatic carbocycles. The Bertz CT molecular complexity index is 564. The lowest BCUT2D eigenvalue weighted by molar-refractivity contribution is 0.616. The maximum Gasteiger partial charge on any atom is 0.126 e. The summed E-state index contributed by atoms with van der Waals surface area (Å²) in [5, 5.41) is 3.27. The van der Waals surface area contributed by atoms with Gasteiger partial charge in [0.05, 0.1) is 11.4 Å². The lowest BCUT2D eigenvalue weighted by Crippen LogP contribution is -2.03. The van der Waals surface area contributed by atoms with Crippen LogP contribution in [-0.4, -0.2) is 4.98 Å². The first-order valence-electron chi connectivity index (χ1n) is 5.99. The molecular weight excluding hydrogens is 227 g/mol. The number of hydrogen-bond donors (Lipinski definition) is 1. The van der Waals surface area contributed by atoms with E-state index in [-0.39, 0.29) is 5.82 Å². The molecule has 0 saturated carbocycles. The lowest BCUT2D eigenvalue weighted by Gasteiger charge is -2.10. The third kappa shape index (κ3) is 2.86. The fourth-order valence-electron chi connectivity index (χ4n) is 1.82. The molecule has 0 amide bonds. The minimum absolute atomic E-state index is 0.159. The number of rotatable bonds is 3. The van der Waals surface area contributed by atoms with Crippen molar-refractivity contribution in [3.63, 3.8) is 0 Å². The standard InChI is InChI=1S/C15H17FN2/c1-10-4-6-13(8-14(10)16)9-17-15-7-5-11(2)18-12(15)3/h4-8,17H,9H2,1-3H3. The highest BCUT2D eigenvalue weighted by molar-refractivity contribution is 5.48. The first-order valence-corrected chi connectivity index (χ1v) is 5.99. The van der Waals surface area contributed by atoms with E-state index >= 15 is 0 Å². The van der Waals surface area contributed by atoms with Gasteiger partial charge in [0.2, 0.25) is 0 Å². The molecule has 0 radical (unpaired) electrons. The van der Waals surface area contributed by atoms with Crippen LogP contribution in [-0.2, 0) is 6.54 Å². The van der Waals surface area contributed by atoms with E-state index in [9.17, 15) is 4.39 Å². The summed E-state index contributed by atoms with van der Waals surface area (Å²) < 4.78 is 13.4. The van der Waals surface area contributed by atoms with Gasteiger partial charge in [-0.3, -0.25) is 4.98 Å². The normalized spacial score (nSPS) is 10.4. The third-order valence-corrected chi connectivity index (χ3v) is 2.94. The summed E-state index contributed by atoms with van der Waals surface area (Å²) in [6.07, 6.45) is 0. The minimum Gasteiger partial charge on any atom is -0.380 e. The SMILES string of the molecule is Cc1ccc(NCc2ccc(C)c(F)c2)c(C)n1. The maximum absolute atomic E-state index is 13.4. The molecule has 94 valence electrons. The lowest BCUT2D eigenvalue weighted by atomic mass is 10.1. The van der Waals surface area contributed by atoms with E-state index < -0.39 is 0 Å². The number of pyridine rings is 1. The average molecular weight is 244 g/mol. The van der Waals surface area contributed by atoms with E-state index in [0.717, 1.165) is 22.6 Å². The monoisotopic (exact) mass is 244 g/mol. The second-order valence-electron chi connectivity index (χ2n) is 4.52. The van der Waals surface area contributed by atoms with Gasteiger partial charge in [-0.1, -0.05) is 12.1 Å². The van der Waals surface area contributed by atoms with Crippen molar-refractivity contribution in [2.45, 2.75) is 27.3 Å². The summed E-state index contributed by atoms with van der Waals surface area (Å²) in [4.78, 5) is 4.38. The van der Waals surface area contributed by atoms with Gasteiger partial charge < -0.3 is 5.32 Å². The molecule has 2 aromatic rings. The molecular formula is C15H17FN2. The van der Waals surface area contributed by atoms with Crippen molar-refractivity contribution in [2.24, 2.45) is 0 Å². The second-order valence-corrected chi connectivity index (χ2v) is 4.52. The van der Waals surface area contributed by atoms with E-state index in [1.54, 1.807) is 19.1 Å². The van der Waals surface area contributed by atoms with Gasteiger partial charge in [-0.05, 0) is 50.1 Å². The predicted molar refractivity (Wildman–Crippen MR) is 72.2 cm³/mol. The summed E-state index contributed by atoms with van der Waals surface area (Å²) in [7, 11) is 0. The van der Waals surface area contributed by atoms with Gasteiger partial charge in [0.15, 0.2) is 0 Å². The van der Waals surface area contributed by atoms with Gasteiger partial charge in [0.25, 0.3) is 0 Å². The smallest absolute Gasteiger partial charge is 0.126 e. The highest BCUT2D eigenvalue weighted by Crippen LogP contribution is 2.15. The summed E-state index contributed by atoms with van der Waals surface area (Å²) in [6.45, 7) is 6.29. The molecule has 2 rings (SSSR count). The molecule has 0 atom stereocenters. The Morgan fingerprint density at radius 2 is 1.89 bits per heavy atom. The predicted octanol–water partition coefficient (Wildman–Crippen LogP) is 3.76. The maximum atomic E-state index is 13.4. The molecule has 3 heteroatoms. The molecule has 0 saturated heterocycles. The molecule has 18 heavy (non-hydrogen) atoms. The topological polar surface area (TPSA) is 24.9 Å². The molecule has 1 N–H and O–H groups in total. The highest BCUT2D eigenvalue weighted by Gasteiger charge is 2.02. The average Bonchev–Trinajstić information content (AvgIpc) is 2.32. The Morgan fingerprint density at radius 3 is 2.56 bits per heavy atom. The van der Waals surface area contributed by atoms with E-state index in [1.807, 2.05) is 32.0 Å². The number of halogens is 1. The van der Waals surface area contributed by atoms with Crippen LogP contribution in [0.15, 0.2) is 30.3 Å². The quantitative estimate of drug-likeness (QED) is 0.889. The zero-order valence-corrected chi connectivity index (χ0v) is 10.9. The number of anilines is 1. The molecule has 0 bridgehead atoms. The van der Waals surface area contributed by atoms with Crippen LogP contribution in [0.4, 0.5) is 10.1 Å². The van der Waals surface area contributed by atoms with Gasteiger partial charge in [0.1, 0.15) is 5.82 Å². The Hall–Kier alpha value is -1.90. The number of nitrogens with one attached hydrogen (secondary N) is 1. The van der Waals surface area contributed by atoms with Crippen molar-refractivity contribution in [1.82, 2.24) is 4.98 Å². The number of benzene rings is 1. The fourth-order valence-corrected chi connectivity index (χ4v) is 1.82. The van der Waals surface area contributed by atoms with Crippen LogP contribution >= 0.6 is 0 Å². The van der Waals surface area contributed by atoms with Crippen LogP contribution < -0.4 is 5.32 Å². The first kappa shape index (κ1) is 12.6. The van der Waals surface area contributed by atoms with Crippen molar-refractivity contribution in [3.8, 4) is 0 Å².